The van der Waals surface area contributed by atoms with Gasteiger partial charge in [0.25, 0.3) is 5.56 Å². The standard InChI is InChI=1S/C20H26N6O5S/c1-13-5-7-14(8-6-13)32(29,30)26(9-10-31-18(28)20(2,3)4)12-25-11-22-15-16(25)23-19(21)24-17(15)27/h5-8,11H,9-10,12H2,1-4H3,(H3,21,23,24,27). The lowest BCUT2D eigenvalue weighted by Gasteiger charge is -2.24. The van der Waals surface area contributed by atoms with Gasteiger partial charge in [0.2, 0.25) is 16.0 Å². The Hall–Kier alpha value is -3.25. The van der Waals surface area contributed by atoms with Crippen molar-refractivity contribution in [3.05, 3.63) is 46.5 Å². The molecule has 0 aliphatic rings. The number of rotatable bonds is 7. The van der Waals surface area contributed by atoms with Gasteiger partial charge in [-0.1, -0.05) is 17.7 Å². The van der Waals surface area contributed by atoms with E-state index in [9.17, 15) is 18.0 Å². The molecule has 0 fully saturated rings. The molecule has 2 aromatic heterocycles. The summed E-state index contributed by atoms with van der Waals surface area (Å²) < 4.78 is 34.5. The molecule has 0 radical (unpaired) electrons. The number of hydrogen-bond donors (Lipinski definition) is 2. The van der Waals surface area contributed by atoms with Crippen LogP contribution in [0.3, 0.4) is 0 Å². The lowest BCUT2D eigenvalue weighted by Crippen LogP contribution is -2.37. The highest BCUT2D eigenvalue weighted by molar-refractivity contribution is 7.89. The Kier molecular flexibility index (Phi) is 6.37. The fraction of sp³-hybridized carbons (Fsp3) is 0.400. The van der Waals surface area contributed by atoms with Crippen LogP contribution >= 0.6 is 0 Å². The van der Waals surface area contributed by atoms with E-state index in [1.54, 1.807) is 32.9 Å². The highest BCUT2D eigenvalue weighted by atomic mass is 32.2. The van der Waals surface area contributed by atoms with Crippen molar-refractivity contribution in [3.63, 3.8) is 0 Å². The van der Waals surface area contributed by atoms with Crippen LogP contribution in [0.5, 0.6) is 0 Å². The number of ether oxygens (including phenoxy) is 1. The third-order valence-electron chi connectivity index (χ3n) is 4.65. The first-order valence-corrected chi connectivity index (χ1v) is 11.3. The maximum Gasteiger partial charge on any atom is 0.311 e. The summed E-state index contributed by atoms with van der Waals surface area (Å²) in [7, 11) is -3.97. The lowest BCUT2D eigenvalue weighted by molar-refractivity contribution is -0.153. The summed E-state index contributed by atoms with van der Waals surface area (Å²) in [4.78, 5) is 34.7. The molecule has 3 rings (SSSR count). The SMILES string of the molecule is Cc1ccc(S(=O)(=O)N(CCOC(=O)C(C)(C)C)Cn2cnc3c(=O)[nH]c(N)nc32)cc1. The van der Waals surface area contributed by atoms with E-state index in [1.165, 1.54) is 23.0 Å². The molecule has 0 bridgehead atoms. The summed E-state index contributed by atoms with van der Waals surface area (Å²) in [6, 6.07) is 6.40. The van der Waals surface area contributed by atoms with Gasteiger partial charge in [0.05, 0.1) is 29.9 Å². The average molecular weight is 463 g/mol. The van der Waals surface area contributed by atoms with Gasteiger partial charge < -0.3 is 15.0 Å². The zero-order valence-corrected chi connectivity index (χ0v) is 19.1. The van der Waals surface area contributed by atoms with Gasteiger partial charge in [0, 0.05) is 0 Å². The number of imidazole rings is 1. The molecule has 1 aromatic carbocycles. The van der Waals surface area contributed by atoms with Gasteiger partial charge in [-0.3, -0.25) is 14.6 Å². The monoisotopic (exact) mass is 462 g/mol. The van der Waals surface area contributed by atoms with Gasteiger partial charge in [-0.05, 0) is 39.8 Å². The Morgan fingerprint density at radius 2 is 1.91 bits per heavy atom. The summed E-state index contributed by atoms with van der Waals surface area (Å²) in [5.41, 5.74) is 5.47. The Bertz CT molecular complexity index is 1290. The third kappa shape index (κ3) is 4.97. The smallest absolute Gasteiger partial charge is 0.311 e. The average Bonchev–Trinajstić information content (AvgIpc) is 3.09. The van der Waals surface area contributed by atoms with Crippen molar-refractivity contribution in [2.45, 2.75) is 39.3 Å². The minimum absolute atomic E-state index is 0.0334. The number of carbonyl (C=O) groups is 1. The maximum atomic E-state index is 13.4. The first-order chi connectivity index (χ1) is 14.9. The van der Waals surface area contributed by atoms with E-state index in [0.29, 0.717) is 0 Å². The van der Waals surface area contributed by atoms with Crippen LogP contribution in [0, 0.1) is 12.3 Å². The highest BCUT2D eigenvalue weighted by Gasteiger charge is 2.28. The van der Waals surface area contributed by atoms with E-state index in [2.05, 4.69) is 15.0 Å². The summed E-state index contributed by atoms with van der Waals surface area (Å²) in [5.74, 6) is -0.560. The Labute approximate surface area is 185 Å². The number of aromatic nitrogens is 4. The van der Waals surface area contributed by atoms with Crippen molar-refractivity contribution >= 4 is 33.1 Å². The minimum Gasteiger partial charge on any atom is -0.464 e. The molecule has 11 nitrogen and oxygen atoms in total. The number of anilines is 1. The third-order valence-corrected chi connectivity index (χ3v) is 6.49. The number of sulfonamides is 1. The predicted octanol–water partition coefficient (Wildman–Crippen LogP) is 1.25. The maximum absolute atomic E-state index is 13.4. The van der Waals surface area contributed by atoms with Crippen LogP contribution in [0.15, 0.2) is 40.3 Å². The minimum atomic E-state index is -3.97. The first kappa shape index (κ1) is 23.4. The first-order valence-electron chi connectivity index (χ1n) is 9.84. The van der Waals surface area contributed by atoms with Gasteiger partial charge in [0.1, 0.15) is 6.61 Å². The summed E-state index contributed by atoms with van der Waals surface area (Å²) >= 11 is 0. The molecule has 32 heavy (non-hydrogen) atoms. The number of carbonyl (C=O) groups excluding carboxylic acids is 1. The van der Waals surface area contributed by atoms with Crippen LogP contribution in [-0.2, 0) is 26.2 Å². The molecule has 3 aromatic rings. The topological polar surface area (TPSA) is 153 Å². The van der Waals surface area contributed by atoms with Gasteiger partial charge >= 0.3 is 5.97 Å². The quantitative estimate of drug-likeness (QED) is 0.497. The number of H-pyrrole nitrogens is 1. The number of nitrogens with zero attached hydrogens (tertiary/aromatic N) is 4. The molecule has 2 heterocycles. The molecular weight excluding hydrogens is 436 g/mol. The van der Waals surface area contributed by atoms with Gasteiger partial charge in [0.15, 0.2) is 11.2 Å². The molecule has 0 aliphatic carbocycles. The Morgan fingerprint density at radius 3 is 2.53 bits per heavy atom. The van der Waals surface area contributed by atoms with E-state index in [0.717, 1.165) is 9.87 Å². The number of esters is 1. The highest BCUT2D eigenvalue weighted by Crippen LogP contribution is 2.19. The second-order valence-electron chi connectivity index (χ2n) is 8.36. The number of benzene rings is 1. The molecule has 3 N–H and O–H groups in total. The number of fused-ring (bicyclic) bond motifs is 1. The van der Waals surface area contributed by atoms with E-state index < -0.39 is 27.0 Å². The molecule has 0 unspecified atom stereocenters. The summed E-state index contributed by atoms with van der Waals surface area (Å²) in [6.07, 6.45) is 1.31. The van der Waals surface area contributed by atoms with E-state index in [1.807, 2.05) is 6.92 Å². The largest absolute Gasteiger partial charge is 0.464 e. The second kappa shape index (κ2) is 8.71. The van der Waals surface area contributed by atoms with Crippen molar-refractivity contribution in [2.75, 3.05) is 18.9 Å². The molecule has 12 heteroatoms. The number of aryl methyl sites for hydroxylation is 1. The lowest BCUT2D eigenvalue weighted by atomic mass is 9.97. The number of nitrogens with two attached hydrogens (primary N) is 1. The van der Waals surface area contributed by atoms with Crippen molar-refractivity contribution < 1.29 is 17.9 Å². The fourth-order valence-corrected chi connectivity index (χ4v) is 4.20. The molecule has 0 saturated carbocycles. The second-order valence-corrected chi connectivity index (χ2v) is 10.3. The summed E-state index contributed by atoms with van der Waals surface area (Å²) in [5, 5.41) is 0. The molecule has 0 aliphatic heterocycles. The van der Waals surface area contributed by atoms with Crippen LogP contribution < -0.4 is 11.3 Å². The molecule has 0 atom stereocenters. The summed E-state index contributed by atoms with van der Waals surface area (Å²) in [6.45, 7) is 6.51. The fourth-order valence-electron chi connectivity index (χ4n) is 2.83. The molecule has 0 amide bonds. The number of hydrogen-bond acceptors (Lipinski definition) is 8. The van der Waals surface area contributed by atoms with Crippen molar-refractivity contribution in [1.82, 2.24) is 23.8 Å². The van der Waals surface area contributed by atoms with Crippen LogP contribution in [0.1, 0.15) is 26.3 Å². The van der Waals surface area contributed by atoms with Crippen molar-refractivity contribution in [1.29, 1.82) is 0 Å². The normalized spacial score (nSPS) is 12.4. The van der Waals surface area contributed by atoms with E-state index >= 15 is 0 Å². The van der Waals surface area contributed by atoms with Crippen LogP contribution in [0.25, 0.3) is 11.2 Å². The van der Waals surface area contributed by atoms with Gasteiger partial charge in [-0.2, -0.15) is 9.29 Å². The molecule has 172 valence electrons. The predicted molar refractivity (Wildman–Crippen MR) is 118 cm³/mol. The number of aromatic amines is 1. The molecule has 0 spiro atoms. The Balaban J connectivity index is 1.94. The zero-order valence-electron chi connectivity index (χ0n) is 18.3. The number of nitrogen functional groups attached to an aromatic ring is 1. The molecular formula is C20H26N6O5S. The zero-order chi connectivity index (χ0) is 23.7. The van der Waals surface area contributed by atoms with Crippen molar-refractivity contribution in [3.8, 4) is 0 Å². The van der Waals surface area contributed by atoms with E-state index in [-0.39, 0.29) is 41.8 Å². The Morgan fingerprint density at radius 1 is 1.25 bits per heavy atom. The van der Waals surface area contributed by atoms with Gasteiger partial charge in [-0.25, -0.2) is 13.4 Å². The van der Waals surface area contributed by atoms with Crippen LogP contribution in [0.4, 0.5) is 5.95 Å². The van der Waals surface area contributed by atoms with Crippen molar-refractivity contribution in [2.24, 2.45) is 5.41 Å². The van der Waals surface area contributed by atoms with Crippen LogP contribution in [0.2, 0.25) is 0 Å². The van der Waals surface area contributed by atoms with Gasteiger partial charge in [-0.15, -0.1) is 0 Å². The number of nitrogens with one attached hydrogen (secondary N) is 1. The van der Waals surface area contributed by atoms with E-state index in [4.69, 9.17) is 10.5 Å². The molecule has 0 saturated heterocycles. The van der Waals surface area contributed by atoms with Crippen LogP contribution in [-0.4, -0.2) is 51.4 Å².